The Morgan fingerprint density at radius 2 is 1.14 bits per heavy atom. The van der Waals surface area contributed by atoms with E-state index in [0.717, 1.165) is 6.42 Å². The highest BCUT2D eigenvalue weighted by Gasteiger charge is 2.22. The molecule has 0 aromatic rings. The highest BCUT2D eigenvalue weighted by Crippen LogP contribution is 2.16. The van der Waals surface area contributed by atoms with E-state index in [2.05, 4.69) is 25.7 Å². The van der Waals surface area contributed by atoms with Crippen LogP contribution in [-0.4, -0.2) is 23.7 Å². The van der Waals surface area contributed by atoms with Crippen LogP contribution in [0.25, 0.3) is 0 Å². The third kappa shape index (κ3) is 25.3. The summed E-state index contributed by atoms with van der Waals surface area (Å²) in [6, 6.07) is 0. The second-order valence-electron chi connectivity index (χ2n) is 10.1. The number of hydrogen-bond acceptors (Lipinski definition) is 3. The SMILES string of the molecule is C=CCOC(=O)C(CC/C=C/CCCCCCCCCCCCCCCCCCCC)CC(=O)O. The second-order valence-corrected chi connectivity index (χ2v) is 10.1. The molecule has 35 heavy (non-hydrogen) atoms. The maximum atomic E-state index is 11.9. The lowest BCUT2D eigenvalue weighted by Crippen LogP contribution is -2.21. The van der Waals surface area contributed by atoms with Gasteiger partial charge in [-0.1, -0.05) is 141 Å². The average Bonchev–Trinajstić information content (AvgIpc) is 2.84. The summed E-state index contributed by atoms with van der Waals surface area (Å²) in [6.45, 7) is 5.92. The lowest BCUT2D eigenvalue weighted by Gasteiger charge is -2.12. The first-order chi connectivity index (χ1) is 17.1. The molecule has 0 amide bonds. The number of carbonyl (C=O) groups excluding carboxylic acids is 1. The molecule has 0 aliphatic rings. The smallest absolute Gasteiger partial charge is 0.309 e. The molecule has 4 nitrogen and oxygen atoms in total. The molecule has 0 fully saturated rings. The second kappa shape index (κ2) is 27.0. The summed E-state index contributed by atoms with van der Waals surface area (Å²) in [5, 5.41) is 8.99. The van der Waals surface area contributed by atoms with E-state index in [9.17, 15) is 9.59 Å². The minimum absolute atomic E-state index is 0.129. The van der Waals surface area contributed by atoms with E-state index in [1.54, 1.807) is 0 Å². The Morgan fingerprint density at radius 1 is 0.714 bits per heavy atom. The molecule has 0 spiro atoms. The van der Waals surface area contributed by atoms with Gasteiger partial charge < -0.3 is 9.84 Å². The van der Waals surface area contributed by atoms with Crippen LogP contribution in [0.1, 0.15) is 148 Å². The first-order valence-electron chi connectivity index (χ1n) is 14.8. The third-order valence-corrected chi connectivity index (χ3v) is 6.67. The molecule has 0 bridgehead atoms. The molecular weight excluding hydrogens is 436 g/mol. The van der Waals surface area contributed by atoms with Crippen LogP contribution < -0.4 is 0 Å². The molecule has 0 saturated heterocycles. The summed E-state index contributed by atoms with van der Waals surface area (Å²) in [5.74, 6) is -1.99. The lowest BCUT2D eigenvalue weighted by atomic mass is 9.99. The standard InChI is InChI=1S/C31H56O4/c1-3-5-6-7-8-9-10-11-12-13-14-15-16-17-18-19-20-21-22-23-24-25-26-29(28-30(32)33)31(34)35-27-4-2/h4,23-24,29H,2-3,5-22,25-28H2,1H3,(H,32,33)/b24-23+. The van der Waals surface area contributed by atoms with Crippen LogP contribution in [0.2, 0.25) is 0 Å². The van der Waals surface area contributed by atoms with Gasteiger partial charge >= 0.3 is 11.9 Å². The Morgan fingerprint density at radius 3 is 1.57 bits per heavy atom. The fourth-order valence-electron chi connectivity index (χ4n) is 4.47. The molecule has 0 radical (unpaired) electrons. The number of hydrogen-bond donors (Lipinski definition) is 1. The zero-order valence-electron chi connectivity index (χ0n) is 23.0. The Kier molecular flexibility index (Phi) is 25.8. The number of ether oxygens (including phenoxy) is 1. The number of carboxylic acid groups (broad SMARTS) is 1. The molecular formula is C31H56O4. The number of allylic oxidation sites excluding steroid dienone is 2. The van der Waals surface area contributed by atoms with Gasteiger partial charge in [-0.05, 0) is 25.7 Å². The summed E-state index contributed by atoms with van der Waals surface area (Å²) in [5.41, 5.74) is 0. The van der Waals surface area contributed by atoms with Crippen LogP contribution in [0.3, 0.4) is 0 Å². The molecule has 0 aromatic heterocycles. The Bertz CT molecular complexity index is 526. The van der Waals surface area contributed by atoms with Crippen LogP contribution in [0.4, 0.5) is 0 Å². The predicted octanol–water partition coefficient (Wildman–Crippen LogP) is 9.57. The molecule has 0 saturated carbocycles. The van der Waals surface area contributed by atoms with Crippen LogP contribution >= 0.6 is 0 Å². The maximum absolute atomic E-state index is 11.9. The molecule has 204 valence electrons. The van der Waals surface area contributed by atoms with Gasteiger partial charge in [0.15, 0.2) is 0 Å². The summed E-state index contributed by atoms with van der Waals surface area (Å²) in [6.07, 6.45) is 32.8. The monoisotopic (exact) mass is 492 g/mol. The van der Waals surface area contributed by atoms with Gasteiger partial charge in [-0.25, -0.2) is 0 Å². The quantitative estimate of drug-likeness (QED) is 0.0704. The molecule has 0 aliphatic heterocycles. The number of carboxylic acids is 1. The highest BCUT2D eigenvalue weighted by atomic mass is 16.5. The Hall–Kier alpha value is -1.58. The topological polar surface area (TPSA) is 63.6 Å². The van der Waals surface area contributed by atoms with E-state index >= 15 is 0 Å². The van der Waals surface area contributed by atoms with E-state index in [1.807, 2.05) is 0 Å². The summed E-state index contributed by atoms with van der Waals surface area (Å²) in [7, 11) is 0. The number of aliphatic carboxylic acids is 1. The van der Waals surface area contributed by atoms with Gasteiger partial charge in [-0.15, -0.1) is 0 Å². The fraction of sp³-hybridized carbons (Fsp3) is 0.806. The van der Waals surface area contributed by atoms with Gasteiger partial charge in [0.1, 0.15) is 6.61 Å². The van der Waals surface area contributed by atoms with Gasteiger partial charge in [-0.2, -0.15) is 0 Å². The van der Waals surface area contributed by atoms with Crippen LogP contribution in [-0.2, 0) is 14.3 Å². The molecule has 4 heteroatoms. The number of unbranched alkanes of at least 4 members (excludes halogenated alkanes) is 18. The zero-order chi connectivity index (χ0) is 25.8. The molecule has 0 rings (SSSR count). The first-order valence-corrected chi connectivity index (χ1v) is 14.8. The summed E-state index contributed by atoms with van der Waals surface area (Å²) >= 11 is 0. The fourth-order valence-corrected chi connectivity index (χ4v) is 4.47. The lowest BCUT2D eigenvalue weighted by molar-refractivity contribution is -0.152. The number of carbonyl (C=O) groups is 2. The van der Waals surface area contributed by atoms with Crippen molar-refractivity contribution < 1.29 is 19.4 Å². The van der Waals surface area contributed by atoms with E-state index in [1.165, 1.54) is 122 Å². The normalized spacial score (nSPS) is 12.1. The van der Waals surface area contributed by atoms with Gasteiger partial charge in [0.05, 0.1) is 12.3 Å². The largest absolute Gasteiger partial charge is 0.481 e. The first kappa shape index (κ1) is 33.4. The molecule has 1 atom stereocenters. The van der Waals surface area contributed by atoms with Crippen molar-refractivity contribution in [2.45, 2.75) is 148 Å². The summed E-state index contributed by atoms with van der Waals surface area (Å²) < 4.78 is 5.01. The summed E-state index contributed by atoms with van der Waals surface area (Å²) in [4.78, 5) is 22.9. The van der Waals surface area contributed by atoms with Crippen molar-refractivity contribution in [3.05, 3.63) is 24.8 Å². The van der Waals surface area contributed by atoms with Gasteiger partial charge in [0.25, 0.3) is 0 Å². The van der Waals surface area contributed by atoms with Crippen molar-refractivity contribution in [3.8, 4) is 0 Å². The molecule has 1 unspecified atom stereocenters. The molecule has 0 aromatic carbocycles. The third-order valence-electron chi connectivity index (χ3n) is 6.67. The maximum Gasteiger partial charge on any atom is 0.309 e. The molecule has 1 N–H and O–H groups in total. The van der Waals surface area contributed by atoms with E-state index in [4.69, 9.17) is 9.84 Å². The number of rotatable bonds is 27. The minimum Gasteiger partial charge on any atom is -0.481 e. The van der Waals surface area contributed by atoms with Crippen molar-refractivity contribution >= 4 is 11.9 Å². The Labute approximate surface area is 217 Å². The molecule has 0 aliphatic carbocycles. The van der Waals surface area contributed by atoms with Crippen molar-refractivity contribution in [2.75, 3.05) is 6.61 Å². The van der Waals surface area contributed by atoms with Crippen LogP contribution in [0, 0.1) is 5.92 Å². The number of esters is 1. The molecule has 0 heterocycles. The van der Waals surface area contributed by atoms with Crippen molar-refractivity contribution in [3.63, 3.8) is 0 Å². The zero-order valence-corrected chi connectivity index (χ0v) is 23.0. The van der Waals surface area contributed by atoms with Crippen molar-refractivity contribution in [1.82, 2.24) is 0 Å². The van der Waals surface area contributed by atoms with Crippen LogP contribution in [0.5, 0.6) is 0 Å². The van der Waals surface area contributed by atoms with Gasteiger partial charge in [0.2, 0.25) is 0 Å². The highest BCUT2D eigenvalue weighted by molar-refractivity contribution is 5.79. The van der Waals surface area contributed by atoms with Crippen molar-refractivity contribution in [1.29, 1.82) is 0 Å². The predicted molar refractivity (Wildman–Crippen MR) is 149 cm³/mol. The van der Waals surface area contributed by atoms with E-state index < -0.39 is 17.9 Å². The van der Waals surface area contributed by atoms with Gasteiger partial charge in [-0.3, -0.25) is 9.59 Å². The van der Waals surface area contributed by atoms with E-state index in [-0.39, 0.29) is 13.0 Å². The average molecular weight is 493 g/mol. The van der Waals surface area contributed by atoms with E-state index in [0.29, 0.717) is 12.8 Å². The Balaban J connectivity index is 3.44. The van der Waals surface area contributed by atoms with Gasteiger partial charge in [0, 0.05) is 0 Å². The minimum atomic E-state index is -0.965. The van der Waals surface area contributed by atoms with Crippen molar-refractivity contribution in [2.24, 2.45) is 5.92 Å². The van der Waals surface area contributed by atoms with Crippen LogP contribution in [0.15, 0.2) is 24.8 Å².